The standard InChI is InChI=1S/C21H27ClN4O3/c22-17-5-1-6-18(13-17)29-16-21(14-19(23)27)8-3-10-25(15-21)20(28)7-2-11-26-12-4-9-24-26/h1,4-6,9,12-13H,2-3,7-8,10-11,14-16H2,(H2,23,27)/t21-/m0/s1. The topological polar surface area (TPSA) is 90.5 Å². The second kappa shape index (κ2) is 9.78. The van der Waals surface area contributed by atoms with Gasteiger partial charge in [0, 0.05) is 55.3 Å². The lowest BCUT2D eigenvalue weighted by Gasteiger charge is -2.42. The average molecular weight is 419 g/mol. The Hall–Kier alpha value is -2.54. The molecule has 0 radical (unpaired) electrons. The monoisotopic (exact) mass is 418 g/mol. The van der Waals surface area contributed by atoms with Crippen LogP contribution in [-0.2, 0) is 16.1 Å². The largest absolute Gasteiger partial charge is 0.493 e. The number of benzene rings is 1. The highest BCUT2D eigenvalue weighted by atomic mass is 35.5. The number of aryl methyl sites for hydroxylation is 1. The van der Waals surface area contributed by atoms with Gasteiger partial charge in [0.05, 0.1) is 6.61 Å². The molecule has 0 aliphatic carbocycles. The first-order valence-corrected chi connectivity index (χ1v) is 10.3. The third-order valence-electron chi connectivity index (χ3n) is 5.24. The summed E-state index contributed by atoms with van der Waals surface area (Å²) in [5.41, 5.74) is 5.05. The van der Waals surface area contributed by atoms with Crippen molar-refractivity contribution in [1.29, 1.82) is 0 Å². The molecule has 29 heavy (non-hydrogen) atoms. The number of nitrogens with zero attached hydrogens (tertiary/aromatic N) is 3. The van der Waals surface area contributed by atoms with Gasteiger partial charge in [0.2, 0.25) is 11.8 Å². The smallest absolute Gasteiger partial charge is 0.222 e. The number of hydrogen-bond acceptors (Lipinski definition) is 4. The van der Waals surface area contributed by atoms with Crippen LogP contribution >= 0.6 is 11.6 Å². The molecule has 8 heteroatoms. The van der Waals surface area contributed by atoms with Crippen molar-refractivity contribution in [3.05, 3.63) is 47.7 Å². The molecule has 0 spiro atoms. The van der Waals surface area contributed by atoms with Crippen LogP contribution in [0.25, 0.3) is 0 Å². The van der Waals surface area contributed by atoms with Crippen LogP contribution in [0, 0.1) is 5.41 Å². The summed E-state index contributed by atoms with van der Waals surface area (Å²) in [4.78, 5) is 26.3. The molecule has 1 fully saturated rings. The minimum absolute atomic E-state index is 0.0912. The van der Waals surface area contributed by atoms with Crippen molar-refractivity contribution in [1.82, 2.24) is 14.7 Å². The molecule has 1 atom stereocenters. The molecule has 2 N–H and O–H groups in total. The number of halogens is 1. The Kier molecular flexibility index (Phi) is 7.14. The number of carbonyl (C=O) groups is 2. The first-order valence-electron chi connectivity index (χ1n) is 9.88. The maximum Gasteiger partial charge on any atom is 0.222 e. The van der Waals surface area contributed by atoms with Crippen molar-refractivity contribution >= 4 is 23.4 Å². The SMILES string of the molecule is NC(=O)C[C@@]1(COc2cccc(Cl)c2)CCCN(C(=O)CCCn2cccn2)C1. The predicted molar refractivity (Wildman–Crippen MR) is 110 cm³/mol. The zero-order chi connectivity index (χ0) is 20.7. The summed E-state index contributed by atoms with van der Waals surface area (Å²) in [6.07, 6.45) is 6.57. The fourth-order valence-corrected chi connectivity index (χ4v) is 4.06. The molecular formula is C21H27ClN4O3. The van der Waals surface area contributed by atoms with Gasteiger partial charge in [0.15, 0.2) is 0 Å². The van der Waals surface area contributed by atoms with Crippen molar-refractivity contribution in [3.8, 4) is 5.75 Å². The van der Waals surface area contributed by atoms with E-state index in [0.717, 1.165) is 19.3 Å². The van der Waals surface area contributed by atoms with Gasteiger partial charge in [-0.25, -0.2) is 0 Å². The summed E-state index contributed by atoms with van der Waals surface area (Å²) >= 11 is 6.02. The summed E-state index contributed by atoms with van der Waals surface area (Å²) in [6.45, 7) is 2.18. The zero-order valence-electron chi connectivity index (χ0n) is 16.4. The quantitative estimate of drug-likeness (QED) is 0.677. The van der Waals surface area contributed by atoms with Gasteiger partial charge < -0.3 is 15.4 Å². The van der Waals surface area contributed by atoms with E-state index in [1.807, 2.05) is 34.0 Å². The van der Waals surface area contributed by atoms with Crippen molar-refractivity contribution in [3.63, 3.8) is 0 Å². The normalized spacial score (nSPS) is 19.1. The fourth-order valence-electron chi connectivity index (χ4n) is 3.88. The Balaban J connectivity index is 1.60. The van der Waals surface area contributed by atoms with Gasteiger partial charge in [0.1, 0.15) is 5.75 Å². The summed E-state index contributed by atoms with van der Waals surface area (Å²) in [5.74, 6) is 0.352. The van der Waals surface area contributed by atoms with E-state index >= 15 is 0 Å². The van der Waals surface area contributed by atoms with Crippen LogP contribution in [0.5, 0.6) is 5.75 Å². The first-order chi connectivity index (χ1) is 14.0. The Morgan fingerprint density at radius 1 is 1.31 bits per heavy atom. The van der Waals surface area contributed by atoms with Gasteiger partial charge >= 0.3 is 0 Å². The molecule has 1 aliphatic rings. The van der Waals surface area contributed by atoms with E-state index in [0.29, 0.717) is 43.4 Å². The second-order valence-electron chi connectivity index (χ2n) is 7.68. The third-order valence-corrected chi connectivity index (χ3v) is 5.48. The molecule has 3 rings (SSSR count). The Bertz CT molecular complexity index is 827. The lowest BCUT2D eigenvalue weighted by atomic mass is 9.77. The van der Waals surface area contributed by atoms with E-state index in [1.54, 1.807) is 18.3 Å². The number of rotatable bonds is 9. The van der Waals surface area contributed by atoms with Crippen LogP contribution in [-0.4, -0.2) is 46.2 Å². The number of primary amides is 1. The van der Waals surface area contributed by atoms with E-state index in [4.69, 9.17) is 22.1 Å². The number of amides is 2. The highest BCUT2D eigenvalue weighted by Gasteiger charge is 2.39. The molecule has 0 unspecified atom stereocenters. The van der Waals surface area contributed by atoms with E-state index in [2.05, 4.69) is 5.10 Å². The molecule has 2 aromatic rings. The summed E-state index contributed by atoms with van der Waals surface area (Å²) in [5, 5.41) is 4.74. The highest BCUT2D eigenvalue weighted by molar-refractivity contribution is 6.30. The zero-order valence-corrected chi connectivity index (χ0v) is 17.2. The number of aromatic nitrogens is 2. The second-order valence-corrected chi connectivity index (χ2v) is 8.12. The minimum Gasteiger partial charge on any atom is -0.493 e. The predicted octanol–water partition coefficient (Wildman–Crippen LogP) is 2.88. The van der Waals surface area contributed by atoms with Gasteiger partial charge in [-0.3, -0.25) is 14.3 Å². The number of likely N-dealkylation sites (tertiary alicyclic amines) is 1. The highest BCUT2D eigenvalue weighted by Crippen LogP contribution is 2.35. The number of carbonyl (C=O) groups excluding carboxylic acids is 2. The fraction of sp³-hybridized carbons (Fsp3) is 0.476. The Labute approximate surface area is 175 Å². The maximum absolute atomic E-state index is 12.7. The van der Waals surface area contributed by atoms with Crippen molar-refractivity contribution in [2.45, 2.75) is 38.6 Å². The molecule has 1 aliphatic heterocycles. The lowest BCUT2D eigenvalue weighted by molar-refractivity contribution is -0.137. The van der Waals surface area contributed by atoms with E-state index in [1.165, 1.54) is 0 Å². The van der Waals surface area contributed by atoms with Crippen LogP contribution < -0.4 is 10.5 Å². The molecule has 7 nitrogen and oxygen atoms in total. The number of piperidine rings is 1. The van der Waals surface area contributed by atoms with Crippen LogP contribution in [0.1, 0.15) is 32.1 Å². The lowest BCUT2D eigenvalue weighted by Crippen LogP contribution is -2.50. The summed E-state index contributed by atoms with van der Waals surface area (Å²) < 4.78 is 7.77. The van der Waals surface area contributed by atoms with Gasteiger partial charge in [-0.1, -0.05) is 17.7 Å². The van der Waals surface area contributed by atoms with Crippen LogP contribution in [0.2, 0.25) is 5.02 Å². The Morgan fingerprint density at radius 3 is 2.90 bits per heavy atom. The molecule has 0 saturated carbocycles. The van der Waals surface area contributed by atoms with E-state index < -0.39 is 5.41 Å². The van der Waals surface area contributed by atoms with E-state index in [-0.39, 0.29) is 18.2 Å². The van der Waals surface area contributed by atoms with Crippen LogP contribution in [0.4, 0.5) is 0 Å². The minimum atomic E-state index is -0.482. The van der Waals surface area contributed by atoms with Gasteiger partial charge in [-0.15, -0.1) is 0 Å². The molecule has 1 aromatic heterocycles. The third kappa shape index (κ3) is 6.22. The number of nitrogens with two attached hydrogens (primary N) is 1. The van der Waals surface area contributed by atoms with E-state index in [9.17, 15) is 9.59 Å². The maximum atomic E-state index is 12.7. The average Bonchev–Trinajstić information content (AvgIpc) is 3.20. The summed E-state index contributed by atoms with van der Waals surface area (Å²) in [7, 11) is 0. The Morgan fingerprint density at radius 2 is 2.17 bits per heavy atom. The van der Waals surface area contributed by atoms with Crippen molar-refractivity contribution in [2.75, 3.05) is 19.7 Å². The van der Waals surface area contributed by atoms with Gasteiger partial charge in [-0.2, -0.15) is 5.10 Å². The van der Waals surface area contributed by atoms with Gasteiger partial charge in [0.25, 0.3) is 0 Å². The van der Waals surface area contributed by atoms with Crippen LogP contribution in [0.15, 0.2) is 42.7 Å². The molecule has 2 heterocycles. The molecular weight excluding hydrogens is 392 g/mol. The first kappa shape index (κ1) is 21.2. The van der Waals surface area contributed by atoms with Gasteiger partial charge in [-0.05, 0) is 43.5 Å². The summed E-state index contributed by atoms with van der Waals surface area (Å²) in [6, 6.07) is 9.02. The number of ether oxygens (including phenoxy) is 1. The van der Waals surface area contributed by atoms with Crippen LogP contribution in [0.3, 0.4) is 0 Å². The van der Waals surface area contributed by atoms with Crippen molar-refractivity contribution in [2.24, 2.45) is 11.1 Å². The number of hydrogen-bond donors (Lipinski definition) is 1. The van der Waals surface area contributed by atoms with Crippen molar-refractivity contribution < 1.29 is 14.3 Å². The molecule has 1 saturated heterocycles. The molecule has 0 bridgehead atoms. The molecule has 2 amide bonds. The molecule has 1 aromatic carbocycles. The molecule has 156 valence electrons.